The number of hydrogen-bond donors (Lipinski definition) is 6. The van der Waals surface area contributed by atoms with E-state index in [1.54, 1.807) is 0 Å². The summed E-state index contributed by atoms with van der Waals surface area (Å²) < 4.78 is 0. The third-order valence-electron chi connectivity index (χ3n) is 5.46. The van der Waals surface area contributed by atoms with E-state index in [9.17, 15) is 24.3 Å². The molecule has 3 amide bonds. The number of nitrogens with two attached hydrogens (primary N) is 1. The Kier molecular flexibility index (Phi) is 11.1. The van der Waals surface area contributed by atoms with Crippen molar-refractivity contribution in [3.05, 3.63) is 36.0 Å². The third kappa shape index (κ3) is 8.91. The van der Waals surface area contributed by atoms with Crippen LogP contribution in [0.1, 0.15) is 32.3 Å². The summed E-state index contributed by atoms with van der Waals surface area (Å²) in [6.07, 6.45) is 4.56. The number of benzene rings is 1. The van der Waals surface area contributed by atoms with Crippen LogP contribution in [0.5, 0.6) is 0 Å². The van der Waals surface area contributed by atoms with Crippen LogP contribution in [0, 0.1) is 5.92 Å². The van der Waals surface area contributed by atoms with Crippen LogP contribution in [0.3, 0.4) is 0 Å². The average Bonchev–Trinajstić information content (AvgIpc) is 3.21. The molecule has 0 aliphatic carbocycles. The molecule has 10 nitrogen and oxygen atoms in total. The minimum atomic E-state index is -1.13. The van der Waals surface area contributed by atoms with Gasteiger partial charge in [0.1, 0.15) is 12.1 Å². The number of carbonyl (C=O) groups is 4. The summed E-state index contributed by atoms with van der Waals surface area (Å²) in [5.41, 5.74) is 7.89. The minimum absolute atomic E-state index is 0.0688. The van der Waals surface area contributed by atoms with Crippen molar-refractivity contribution >= 4 is 46.4 Å². The Balaban J connectivity index is 1.90. The number of carbonyl (C=O) groups excluding carboxylic acids is 3. The number of aliphatic carboxylic acids is 1. The average molecular weight is 506 g/mol. The van der Waals surface area contributed by atoms with Gasteiger partial charge in [0.2, 0.25) is 17.7 Å². The molecule has 1 heterocycles. The molecule has 0 spiro atoms. The van der Waals surface area contributed by atoms with Gasteiger partial charge in [-0.25, -0.2) is 4.79 Å². The fourth-order valence-electron chi connectivity index (χ4n) is 3.64. The normalized spacial score (nSPS) is 13.7. The Morgan fingerprint density at radius 1 is 1.09 bits per heavy atom. The van der Waals surface area contributed by atoms with Crippen LogP contribution >= 0.6 is 11.8 Å². The van der Waals surface area contributed by atoms with Crippen molar-refractivity contribution in [1.82, 2.24) is 20.9 Å². The summed E-state index contributed by atoms with van der Waals surface area (Å²) in [5, 5.41) is 18.0. The first-order valence-electron chi connectivity index (χ1n) is 11.5. The number of aromatic nitrogens is 1. The molecule has 192 valence electrons. The van der Waals surface area contributed by atoms with E-state index in [0.717, 1.165) is 16.5 Å². The molecule has 3 unspecified atom stereocenters. The van der Waals surface area contributed by atoms with Gasteiger partial charge in [0.05, 0.1) is 12.6 Å². The SMILES string of the molecule is CSCCC(NC(=O)CNC(=O)C(N)Cc1c[nH]c2ccccc12)C(=O)NC(CC(C)C)C(=O)O. The van der Waals surface area contributed by atoms with E-state index in [2.05, 4.69) is 20.9 Å². The molecule has 0 aliphatic rings. The number of hydrogen-bond acceptors (Lipinski definition) is 6. The molecule has 3 atom stereocenters. The molecule has 0 bridgehead atoms. The molecule has 11 heteroatoms. The molecule has 0 saturated carbocycles. The Morgan fingerprint density at radius 3 is 2.46 bits per heavy atom. The standard InChI is InChI=1S/C24H35N5O5S/c1-14(2)10-20(24(33)34)29-23(32)19(8-9-35-3)28-21(30)13-27-22(31)17(25)11-15-12-26-18-7-5-4-6-16(15)18/h4-7,12,14,17,19-20,26H,8-11,13,25H2,1-3H3,(H,27,31)(H,28,30)(H,29,32)(H,33,34). The van der Waals surface area contributed by atoms with E-state index in [-0.39, 0.29) is 18.9 Å². The molecule has 0 fully saturated rings. The van der Waals surface area contributed by atoms with Crippen molar-refractivity contribution in [3.63, 3.8) is 0 Å². The molecule has 2 rings (SSSR count). The van der Waals surface area contributed by atoms with Gasteiger partial charge >= 0.3 is 5.97 Å². The summed E-state index contributed by atoms with van der Waals surface area (Å²) >= 11 is 1.50. The second kappa shape index (κ2) is 13.7. The number of carboxylic acids is 1. The van der Waals surface area contributed by atoms with Crippen molar-refractivity contribution in [3.8, 4) is 0 Å². The monoisotopic (exact) mass is 505 g/mol. The summed E-state index contributed by atoms with van der Waals surface area (Å²) in [5.74, 6) is -2.09. The summed E-state index contributed by atoms with van der Waals surface area (Å²) in [6, 6.07) is 4.87. The van der Waals surface area contributed by atoms with Crippen LogP contribution in [0.15, 0.2) is 30.5 Å². The third-order valence-corrected chi connectivity index (χ3v) is 6.10. The van der Waals surface area contributed by atoms with Crippen molar-refractivity contribution in [2.24, 2.45) is 11.7 Å². The van der Waals surface area contributed by atoms with Crippen LogP contribution in [-0.2, 0) is 25.6 Å². The quantitative estimate of drug-likeness (QED) is 0.223. The Morgan fingerprint density at radius 2 is 1.80 bits per heavy atom. The lowest BCUT2D eigenvalue weighted by Gasteiger charge is -2.22. The largest absolute Gasteiger partial charge is 0.480 e. The Bertz CT molecular complexity index is 1020. The first-order chi connectivity index (χ1) is 16.6. The van der Waals surface area contributed by atoms with Crippen LogP contribution in [0.2, 0.25) is 0 Å². The van der Waals surface area contributed by atoms with E-state index in [1.165, 1.54) is 11.8 Å². The van der Waals surface area contributed by atoms with E-state index in [0.29, 0.717) is 18.6 Å². The molecule has 1 aromatic carbocycles. The lowest BCUT2D eigenvalue weighted by Crippen LogP contribution is -2.54. The number of para-hydroxylation sites is 1. The van der Waals surface area contributed by atoms with E-state index >= 15 is 0 Å². The highest BCUT2D eigenvalue weighted by atomic mass is 32.2. The van der Waals surface area contributed by atoms with Gasteiger partial charge in [0, 0.05) is 17.1 Å². The number of rotatable bonds is 14. The van der Waals surface area contributed by atoms with Crippen molar-refractivity contribution in [2.45, 2.75) is 51.2 Å². The van der Waals surface area contributed by atoms with Gasteiger partial charge in [-0.3, -0.25) is 14.4 Å². The van der Waals surface area contributed by atoms with Crippen molar-refractivity contribution in [2.75, 3.05) is 18.6 Å². The smallest absolute Gasteiger partial charge is 0.326 e. The van der Waals surface area contributed by atoms with Gasteiger partial charge in [-0.2, -0.15) is 11.8 Å². The first kappa shape index (κ1) is 28.2. The lowest BCUT2D eigenvalue weighted by atomic mass is 10.0. The first-order valence-corrected chi connectivity index (χ1v) is 12.9. The van der Waals surface area contributed by atoms with Crippen LogP contribution in [0.4, 0.5) is 0 Å². The number of fused-ring (bicyclic) bond motifs is 1. The topological polar surface area (TPSA) is 166 Å². The van der Waals surface area contributed by atoms with Gasteiger partial charge in [0.25, 0.3) is 0 Å². The lowest BCUT2D eigenvalue weighted by molar-refractivity contribution is -0.142. The highest BCUT2D eigenvalue weighted by Gasteiger charge is 2.27. The molecule has 0 aliphatic heterocycles. The van der Waals surface area contributed by atoms with Gasteiger partial charge in [0.15, 0.2) is 0 Å². The molecule has 7 N–H and O–H groups in total. The molecule has 0 radical (unpaired) electrons. The van der Waals surface area contributed by atoms with Gasteiger partial charge in [-0.15, -0.1) is 0 Å². The minimum Gasteiger partial charge on any atom is -0.480 e. The molecular formula is C24H35N5O5S. The maximum Gasteiger partial charge on any atom is 0.326 e. The van der Waals surface area contributed by atoms with Gasteiger partial charge < -0.3 is 31.8 Å². The fourth-order valence-corrected chi connectivity index (χ4v) is 4.12. The number of thioether (sulfide) groups is 1. The Hall–Kier alpha value is -3.05. The van der Waals surface area contributed by atoms with Gasteiger partial charge in [-0.1, -0.05) is 32.0 Å². The van der Waals surface area contributed by atoms with E-state index in [1.807, 2.05) is 50.6 Å². The highest BCUT2D eigenvalue weighted by Crippen LogP contribution is 2.18. The molecule has 35 heavy (non-hydrogen) atoms. The predicted octanol–water partition coefficient (Wildman–Crippen LogP) is 1.01. The number of H-pyrrole nitrogens is 1. The second-order valence-electron chi connectivity index (χ2n) is 8.82. The molecule has 2 aromatic rings. The Labute approximate surface area is 209 Å². The zero-order valence-corrected chi connectivity index (χ0v) is 21.1. The number of nitrogens with one attached hydrogen (secondary N) is 4. The number of aromatic amines is 1. The zero-order chi connectivity index (χ0) is 26.0. The maximum absolute atomic E-state index is 12.7. The second-order valence-corrected chi connectivity index (χ2v) is 9.80. The molecule has 1 aromatic heterocycles. The van der Waals surface area contributed by atoms with Crippen LogP contribution in [0.25, 0.3) is 10.9 Å². The maximum atomic E-state index is 12.7. The van der Waals surface area contributed by atoms with E-state index < -0.39 is 41.8 Å². The van der Waals surface area contributed by atoms with Gasteiger partial charge in [-0.05, 0) is 48.8 Å². The van der Waals surface area contributed by atoms with Crippen molar-refractivity contribution < 1.29 is 24.3 Å². The summed E-state index contributed by atoms with van der Waals surface area (Å²) in [6.45, 7) is 3.37. The fraction of sp³-hybridized carbons (Fsp3) is 0.500. The summed E-state index contributed by atoms with van der Waals surface area (Å²) in [7, 11) is 0. The number of carboxylic acid groups (broad SMARTS) is 1. The molecular weight excluding hydrogens is 470 g/mol. The van der Waals surface area contributed by atoms with Crippen LogP contribution in [-0.4, -0.2) is 70.5 Å². The highest BCUT2D eigenvalue weighted by molar-refractivity contribution is 7.98. The number of amides is 3. The van der Waals surface area contributed by atoms with Crippen molar-refractivity contribution in [1.29, 1.82) is 0 Å². The van der Waals surface area contributed by atoms with E-state index in [4.69, 9.17) is 5.73 Å². The molecule has 0 saturated heterocycles. The predicted molar refractivity (Wildman–Crippen MR) is 137 cm³/mol. The van der Waals surface area contributed by atoms with Crippen LogP contribution < -0.4 is 21.7 Å². The summed E-state index contributed by atoms with van der Waals surface area (Å²) in [4.78, 5) is 52.2. The zero-order valence-electron chi connectivity index (χ0n) is 20.3.